The van der Waals surface area contributed by atoms with Gasteiger partial charge >= 0.3 is 12.1 Å². The van der Waals surface area contributed by atoms with E-state index < -0.39 is 17.7 Å². The third-order valence-electron chi connectivity index (χ3n) is 6.49. The van der Waals surface area contributed by atoms with Gasteiger partial charge in [-0.15, -0.1) is 0 Å². The molecular weight excluding hydrogens is 551 g/mol. The van der Waals surface area contributed by atoms with Gasteiger partial charge in [0.2, 0.25) is 0 Å². The molecule has 1 aromatic heterocycles. The number of esters is 1. The summed E-state index contributed by atoms with van der Waals surface area (Å²) in [5.41, 5.74) is 3.47. The van der Waals surface area contributed by atoms with Crippen molar-refractivity contribution in [2.45, 2.75) is 12.8 Å². The van der Waals surface area contributed by atoms with Crippen molar-refractivity contribution in [2.24, 2.45) is 0 Å². The highest BCUT2D eigenvalue weighted by atomic mass is 35.5. The number of hydrogen-bond donors (Lipinski definition) is 0. The Labute approximate surface area is 239 Å². The van der Waals surface area contributed by atoms with Crippen LogP contribution in [0.15, 0.2) is 103 Å². The van der Waals surface area contributed by atoms with Crippen LogP contribution in [-0.4, -0.2) is 18.1 Å². The fourth-order valence-corrected chi connectivity index (χ4v) is 4.66. The molecule has 0 bridgehead atoms. The third kappa shape index (κ3) is 6.26. The first-order valence-electron chi connectivity index (χ1n) is 12.6. The number of benzene rings is 4. The number of alkyl halides is 3. The van der Waals surface area contributed by atoms with Gasteiger partial charge in [0.15, 0.2) is 0 Å². The van der Waals surface area contributed by atoms with Crippen molar-refractivity contribution in [3.05, 3.63) is 125 Å². The molecule has 41 heavy (non-hydrogen) atoms. The first-order valence-corrected chi connectivity index (χ1v) is 12.9. The summed E-state index contributed by atoms with van der Waals surface area (Å²) in [6, 6.07) is 26.0. The SMILES string of the molecule is COC(=O)C=Cc1ccc(COc2cc(-c3c(-c4ccccc4)cnc4c(C(F)(F)F)cccc34)ccc2Cl)cc1. The lowest BCUT2D eigenvalue weighted by Crippen LogP contribution is -2.07. The molecule has 0 saturated heterocycles. The maximum absolute atomic E-state index is 13.9. The van der Waals surface area contributed by atoms with Gasteiger partial charge in [0, 0.05) is 28.8 Å². The van der Waals surface area contributed by atoms with E-state index in [2.05, 4.69) is 9.72 Å². The number of ether oxygens (including phenoxy) is 2. The van der Waals surface area contributed by atoms with E-state index in [1.165, 1.54) is 25.4 Å². The van der Waals surface area contributed by atoms with Crippen LogP contribution >= 0.6 is 11.6 Å². The van der Waals surface area contributed by atoms with Gasteiger partial charge in [-0.2, -0.15) is 13.2 Å². The van der Waals surface area contributed by atoms with Crippen LogP contribution in [0.5, 0.6) is 5.75 Å². The second-order valence-electron chi connectivity index (χ2n) is 9.14. The molecule has 5 aromatic rings. The van der Waals surface area contributed by atoms with Crippen LogP contribution in [0, 0.1) is 0 Å². The average molecular weight is 574 g/mol. The molecule has 0 amide bonds. The van der Waals surface area contributed by atoms with Crippen LogP contribution in [-0.2, 0) is 22.3 Å². The first-order chi connectivity index (χ1) is 19.7. The van der Waals surface area contributed by atoms with Gasteiger partial charge in [-0.1, -0.05) is 84.4 Å². The summed E-state index contributed by atoms with van der Waals surface area (Å²) >= 11 is 6.48. The van der Waals surface area contributed by atoms with Crippen LogP contribution < -0.4 is 4.74 Å². The number of hydrogen-bond acceptors (Lipinski definition) is 4. The van der Waals surface area contributed by atoms with E-state index in [1.54, 1.807) is 30.3 Å². The van der Waals surface area contributed by atoms with E-state index in [9.17, 15) is 18.0 Å². The Balaban J connectivity index is 1.53. The zero-order valence-electron chi connectivity index (χ0n) is 21.8. The molecule has 0 N–H and O–H groups in total. The molecule has 0 aliphatic heterocycles. The van der Waals surface area contributed by atoms with Crippen molar-refractivity contribution in [1.82, 2.24) is 4.98 Å². The normalized spacial score (nSPS) is 11.6. The number of rotatable bonds is 7. The molecule has 206 valence electrons. The lowest BCUT2D eigenvalue weighted by Gasteiger charge is -2.17. The van der Waals surface area contributed by atoms with Gasteiger partial charge in [-0.05, 0) is 46.5 Å². The summed E-state index contributed by atoms with van der Waals surface area (Å²) in [6.07, 6.45) is -0.101. The third-order valence-corrected chi connectivity index (χ3v) is 6.81. The summed E-state index contributed by atoms with van der Waals surface area (Å²) in [4.78, 5) is 15.6. The highest BCUT2D eigenvalue weighted by Gasteiger charge is 2.33. The van der Waals surface area contributed by atoms with Crippen molar-refractivity contribution >= 4 is 34.5 Å². The van der Waals surface area contributed by atoms with Crippen LogP contribution in [0.2, 0.25) is 5.02 Å². The van der Waals surface area contributed by atoms with Crippen LogP contribution in [0.3, 0.4) is 0 Å². The quantitative estimate of drug-likeness (QED) is 0.144. The number of pyridine rings is 1. The van der Waals surface area contributed by atoms with E-state index in [4.69, 9.17) is 16.3 Å². The molecule has 0 aliphatic carbocycles. The summed E-state index contributed by atoms with van der Waals surface area (Å²) in [6.45, 7) is 0.199. The van der Waals surface area contributed by atoms with Crippen molar-refractivity contribution in [2.75, 3.05) is 7.11 Å². The smallest absolute Gasteiger partial charge is 0.418 e. The fourth-order valence-electron chi connectivity index (χ4n) is 4.49. The largest absolute Gasteiger partial charge is 0.487 e. The first kappa shape index (κ1) is 27.9. The predicted octanol–water partition coefficient (Wildman–Crippen LogP) is 9.01. The fraction of sp³-hybridized carbons (Fsp3) is 0.0909. The maximum atomic E-state index is 13.9. The number of carbonyl (C=O) groups excluding carboxylic acids is 1. The Hall–Kier alpha value is -4.62. The van der Waals surface area contributed by atoms with E-state index >= 15 is 0 Å². The average Bonchev–Trinajstić information content (AvgIpc) is 2.99. The minimum Gasteiger partial charge on any atom is -0.487 e. The predicted molar refractivity (Wildman–Crippen MR) is 154 cm³/mol. The molecule has 0 fully saturated rings. The molecule has 4 aromatic carbocycles. The van der Waals surface area contributed by atoms with Gasteiger partial charge in [-0.25, -0.2) is 4.79 Å². The standard InChI is InChI=1S/C33H23ClF3NO3/c1-40-30(39)17-14-21-10-12-22(13-11-21)20-41-29-18-24(15-16-28(29)34)31-25-8-5-9-27(33(35,36)37)32(25)38-19-26(31)23-6-3-2-4-7-23/h2-19H,20H2,1H3. The Bertz CT molecular complexity index is 1730. The number of halogens is 4. The molecule has 4 nitrogen and oxygen atoms in total. The van der Waals surface area contributed by atoms with E-state index in [0.717, 1.165) is 22.8 Å². The van der Waals surface area contributed by atoms with E-state index in [-0.39, 0.29) is 12.1 Å². The summed E-state index contributed by atoms with van der Waals surface area (Å²) in [7, 11) is 1.31. The van der Waals surface area contributed by atoms with Gasteiger partial charge < -0.3 is 9.47 Å². The van der Waals surface area contributed by atoms with E-state index in [1.807, 2.05) is 54.6 Å². The minimum absolute atomic E-state index is 0.131. The summed E-state index contributed by atoms with van der Waals surface area (Å²) < 4.78 is 52.3. The number of para-hydroxylation sites is 1. The van der Waals surface area contributed by atoms with Crippen LogP contribution in [0.4, 0.5) is 13.2 Å². The highest BCUT2D eigenvalue weighted by Crippen LogP contribution is 2.43. The zero-order valence-corrected chi connectivity index (χ0v) is 22.5. The summed E-state index contributed by atoms with van der Waals surface area (Å²) in [5, 5.41) is 0.729. The number of nitrogens with zero attached hydrogens (tertiary/aromatic N) is 1. The van der Waals surface area contributed by atoms with Crippen molar-refractivity contribution in [3.63, 3.8) is 0 Å². The highest BCUT2D eigenvalue weighted by molar-refractivity contribution is 6.32. The Morgan fingerprint density at radius 3 is 2.39 bits per heavy atom. The number of carbonyl (C=O) groups is 1. The minimum atomic E-state index is -4.56. The van der Waals surface area contributed by atoms with Crippen molar-refractivity contribution in [1.29, 1.82) is 0 Å². The van der Waals surface area contributed by atoms with Gasteiger partial charge in [0.25, 0.3) is 0 Å². The Kier molecular flexibility index (Phi) is 8.08. The topological polar surface area (TPSA) is 48.4 Å². The van der Waals surface area contributed by atoms with E-state index in [0.29, 0.717) is 32.8 Å². The van der Waals surface area contributed by atoms with Gasteiger partial charge in [0.05, 0.1) is 23.2 Å². The number of aromatic nitrogens is 1. The Morgan fingerprint density at radius 1 is 0.927 bits per heavy atom. The second kappa shape index (κ2) is 11.9. The maximum Gasteiger partial charge on any atom is 0.418 e. The molecule has 0 atom stereocenters. The second-order valence-corrected chi connectivity index (χ2v) is 9.55. The van der Waals surface area contributed by atoms with Crippen molar-refractivity contribution < 1.29 is 27.4 Å². The molecule has 0 radical (unpaired) electrons. The summed E-state index contributed by atoms with van der Waals surface area (Å²) in [5.74, 6) is -0.0614. The molecule has 0 saturated carbocycles. The molecule has 1 heterocycles. The lowest BCUT2D eigenvalue weighted by molar-refractivity contribution is -0.136. The molecule has 5 rings (SSSR count). The molecule has 8 heteroatoms. The number of fused-ring (bicyclic) bond motifs is 1. The molecule has 0 unspecified atom stereocenters. The van der Waals surface area contributed by atoms with Gasteiger partial charge in [-0.3, -0.25) is 4.98 Å². The van der Waals surface area contributed by atoms with Crippen molar-refractivity contribution in [3.8, 4) is 28.0 Å². The zero-order chi connectivity index (χ0) is 29.0. The molecule has 0 spiro atoms. The molecular formula is C33H23ClF3NO3. The monoisotopic (exact) mass is 573 g/mol. The van der Waals surface area contributed by atoms with Gasteiger partial charge in [0.1, 0.15) is 12.4 Å². The lowest BCUT2D eigenvalue weighted by atomic mass is 9.91. The Morgan fingerprint density at radius 2 is 1.68 bits per heavy atom. The van der Waals surface area contributed by atoms with Crippen LogP contribution in [0.25, 0.3) is 39.2 Å². The number of methoxy groups -OCH3 is 1. The molecule has 0 aliphatic rings. The van der Waals surface area contributed by atoms with Crippen LogP contribution in [0.1, 0.15) is 16.7 Å².